The number of benzene rings is 2. The van der Waals surface area contributed by atoms with Crippen LogP contribution in [-0.4, -0.2) is 14.9 Å². The Labute approximate surface area is 161 Å². The van der Waals surface area contributed by atoms with E-state index < -0.39 is 23.3 Å². The third-order valence-electron chi connectivity index (χ3n) is 3.99. The Balaban J connectivity index is 1.85. The van der Waals surface area contributed by atoms with E-state index in [4.69, 9.17) is 16.1 Å². The minimum atomic E-state index is -4.76. The lowest BCUT2D eigenvalue weighted by Gasteiger charge is -2.03. The van der Waals surface area contributed by atoms with Gasteiger partial charge in [-0.05, 0) is 36.4 Å². The average Bonchev–Trinajstić information content (AvgIpc) is 3.27. The topological polar surface area (TPSA) is 43.9 Å². The minimum Gasteiger partial charge on any atom is -0.356 e. The second kappa shape index (κ2) is 6.79. The fourth-order valence-corrected chi connectivity index (χ4v) is 3.03. The second-order valence-electron chi connectivity index (χ2n) is 5.84. The van der Waals surface area contributed by atoms with Gasteiger partial charge in [-0.25, -0.2) is 9.07 Å². The van der Waals surface area contributed by atoms with E-state index in [0.717, 1.165) is 4.68 Å². The summed E-state index contributed by atoms with van der Waals surface area (Å²) in [6.07, 6.45) is -4.76. The Morgan fingerprint density at radius 1 is 0.964 bits per heavy atom. The van der Waals surface area contributed by atoms with Crippen LogP contribution in [0.1, 0.15) is 5.69 Å². The number of nitrogens with zero attached hydrogens (tertiary/aromatic N) is 3. The van der Waals surface area contributed by atoms with E-state index in [-0.39, 0.29) is 16.6 Å². The molecule has 0 aliphatic heterocycles. The molecule has 0 spiro atoms. The summed E-state index contributed by atoms with van der Waals surface area (Å²) >= 11 is 6.25. The van der Waals surface area contributed by atoms with Gasteiger partial charge < -0.3 is 4.52 Å². The first-order valence-electron chi connectivity index (χ1n) is 7.99. The largest absolute Gasteiger partial charge is 0.435 e. The summed E-state index contributed by atoms with van der Waals surface area (Å²) in [5.74, 6) is -0.276. The van der Waals surface area contributed by atoms with Crippen LogP contribution in [0, 0.1) is 5.82 Å². The third-order valence-corrected chi connectivity index (χ3v) is 4.34. The number of halogens is 5. The van der Waals surface area contributed by atoms with Gasteiger partial charge in [0.1, 0.15) is 16.7 Å². The summed E-state index contributed by atoms with van der Waals surface area (Å²) in [5, 5.41) is 7.12. The molecule has 0 fully saturated rings. The van der Waals surface area contributed by atoms with E-state index in [9.17, 15) is 17.6 Å². The predicted molar refractivity (Wildman–Crippen MR) is 94.5 cm³/mol. The molecule has 0 bridgehead atoms. The van der Waals surface area contributed by atoms with Crippen LogP contribution in [0.15, 0.2) is 65.2 Å². The summed E-state index contributed by atoms with van der Waals surface area (Å²) in [6.45, 7) is 0. The molecule has 0 atom stereocenters. The van der Waals surface area contributed by atoms with Gasteiger partial charge in [0, 0.05) is 11.6 Å². The van der Waals surface area contributed by atoms with Crippen LogP contribution in [0.5, 0.6) is 0 Å². The Morgan fingerprint density at radius 2 is 1.64 bits per heavy atom. The highest BCUT2D eigenvalue weighted by Gasteiger charge is 2.40. The first kappa shape index (κ1) is 18.2. The quantitative estimate of drug-likeness (QED) is 0.391. The molecule has 2 heterocycles. The number of hydrogen-bond donors (Lipinski definition) is 0. The van der Waals surface area contributed by atoms with Crippen LogP contribution in [-0.2, 0) is 6.18 Å². The number of aromatic nitrogens is 3. The van der Waals surface area contributed by atoms with Gasteiger partial charge in [-0.1, -0.05) is 35.0 Å². The van der Waals surface area contributed by atoms with Gasteiger partial charge in [-0.2, -0.15) is 18.3 Å². The number of hydrogen-bond acceptors (Lipinski definition) is 3. The molecular formula is C19H10ClF4N3O. The van der Waals surface area contributed by atoms with Crippen LogP contribution >= 0.6 is 11.6 Å². The van der Waals surface area contributed by atoms with Crippen molar-refractivity contribution in [3.8, 4) is 28.3 Å². The zero-order valence-corrected chi connectivity index (χ0v) is 14.7. The maximum absolute atomic E-state index is 13.6. The Hall–Kier alpha value is -3.13. The van der Waals surface area contributed by atoms with Crippen LogP contribution < -0.4 is 0 Å². The number of alkyl halides is 3. The van der Waals surface area contributed by atoms with Gasteiger partial charge in [-0.15, -0.1) is 0 Å². The molecule has 0 aliphatic rings. The molecule has 142 valence electrons. The molecule has 0 amide bonds. The zero-order valence-electron chi connectivity index (χ0n) is 13.9. The number of para-hydroxylation sites is 1. The van der Waals surface area contributed by atoms with Crippen LogP contribution in [0.25, 0.3) is 28.3 Å². The fraction of sp³-hybridized carbons (Fsp3) is 0.0526. The minimum absolute atomic E-state index is 0.126. The van der Waals surface area contributed by atoms with Gasteiger partial charge in [0.05, 0.1) is 11.3 Å². The Morgan fingerprint density at radius 3 is 2.29 bits per heavy atom. The van der Waals surface area contributed by atoms with Crippen molar-refractivity contribution >= 4 is 11.6 Å². The summed E-state index contributed by atoms with van der Waals surface area (Å²) in [4.78, 5) is 0. The highest BCUT2D eigenvalue weighted by molar-refractivity contribution is 6.32. The molecule has 0 aliphatic carbocycles. The normalized spacial score (nSPS) is 11.8. The lowest BCUT2D eigenvalue weighted by Crippen LogP contribution is -2.08. The Kier molecular flexibility index (Phi) is 4.43. The van der Waals surface area contributed by atoms with Crippen LogP contribution in [0.4, 0.5) is 17.6 Å². The first-order chi connectivity index (χ1) is 13.3. The summed E-state index contributed by atoms with van der Waals surface area (Å²) in [6, 6.07) is 14.8. The molecule has 9 heteroatoms. The van der Waals surface area contributed by atoms with E-state index in [2.05, 4.69) is 10.3 Å². The maximum Gasteiger partial charge on any atom is 0.435 e. The SMILES string of the molecule is Fc1ccc(-c2cc(-c3c(C(F)(F)F)nn(-c4ccccc4)c3Cl)no2)cc1. The van der Waals surface area contributed by atoms with Crippen molar-refractivity contribution in [2.24, 2.45) is 0 Å². The molecule has 2 aromatic carbocycles. The zero-order chi connectivity index (χ0) is 19.9. The molecule has 0 saturated heterocycles. The lowest BCUT2D eigenvalue weighted by molar-refractivity contribution is -0.140. The van der Waals surface area contributed by atoms with Crippen molar-refractivity contribution in [1.29, 1.82) is 0 Å². The molecule has 4 aromatic rings. The van der Waals surface area contributed by atoms with Crippen molar-refractivity contribution < 1.29 is 22.1 Å². The molecule has 0 N–H and O–H groups in total. The van der Waals surface area contributed by atoms with E-state index in [0.29, 0.717) is 11.3 Å². The van der Waals surface area contributed by atoms with E-state index in [1.165, 1.54) is 30.3 Å². The van der Waals surface area contributed by atoms with Gasteiger partial charge in [0.2, 0.25) is 0 Å². The molecule has 0 radical (unpaired) electrons. The van der Waals surface area contributed by atoms with Crippen molar-refractivity contribution in [3.63, 3.8) is 0 Å². The number of rotatable bonds is 3. The van der Waals surface area contributed by atoms with Gasteiger partial charge >= 0.3 is 6.18 Å². The molecule has 2 aromatic heterocycles. The van der Waals surface area contributed by atoms with E-state index in [1.807, 2.05) is 0 Å². The molecule has 0 saturated carbocycles. The van der Waals surface area contributed by atoms with E-state index >= 15 is 0 Å². The lowest BCUT2D eigenvalue weighted by atomic mass is 10.1. The molecule has 4 nitrogen and oxygen atoms in total. The highest BCUT2D eigenvalue weighted by Crippen LogP contribution is 2.41. The monoisotopic (exact) mass is 407 g/mol. The first-order valence-corrected chi connectivity index (χ1v) is 8.36. The second-order valence-corrected chi connectivity index (χ2v) is 6.20. The predicted octanol–water partition coefficient (Wildman–Crippen LogP) is 6.01. The molecule has 28 heavy (non-hydrogen) atoms. The Bertz CT molecular complexity index is 1120. The average molecular weight is 408 g/mol. The third kappa shape index (κ3) is 3.27. The smallest absolute Gasteiger partial charge is 0.356 e. The summed E-state index contributed by atoms with van der Waals surface area (Å²) in [5.41, 5.74) is -0.874. The summed E-state index contributed by atoms with van der Waals surface area (Å²) in [7, 11) is 0. The van der Waals surface area contributed by atoms with Gasteiger partial charge in [0.25, 0.3) is 0 Å². The maximum atomic E-state index is 13.6. The highest BCUT2D eigenvalue weighted by atomic mass is 35.5. The molecular weight excluding hydrogens is 398 g/mol. The molecule has 0 unspecified atom stereocenters. The van der Waals surface area contributed by atoms with Crippen molar-refractivity contribution in [3.05, 3.63) is 77.3 Å². The van der Waals surface area contributed by atoms with Crippen LogP contribution in [0.2, 0.25) is 5.15 Å². The van der Waals surface area contributed by atoms with Crippen molar-refractivity contribution in [2.45, 2.75) is 6.18 Å². The molecule has 4 rings (SSSR count). The van der Waals surface area contributed by atoms with Crippen molar-refractivity contribution in [1.82, 2.24) is 14.9 Å². The van der Waals surface area contributed by atoms with Crippen molar-refractivity contribution in [2.75, 3.05) is 0 Å². The fourth-order valence-electron chi connectivity index (χ4n) is 2.71. The standard InChI is InChI=1S/C19H10ClF4N3O/c20-18-16(14-10-15(28-26-14)11-6-8-12(21)9-7-11)17(19(22,23)24)25-27(18)13-4-2-1-3-5-13/h1-10H. The van der Waals surface area contributed by atoms with Gasteiger partial charge in [0.15, 0.2) is 11.5 Å². The van der Waals surface area contributed by atoms with Gasteiger partial charge in [-0.3, -0.25) is 0 Å². The van der Waals surface area contributed by atoms with Crippen LogP contribution in [0.3, 0.4) is 0 Å². The summed E-state index contributed by atoms with van der Waals surface area (Å²) < 4.78 is 60.0. The van der Waals surface area contributed by atoms with E-state index in [1.54, 1.807) is 30.3 Å².